The van der Waals surface area contributed by atoms with Gasteiger partial charge in [-0.25, -0.2) is 4.98 Å². The van der Waals surface area contributed by atoms with E-state index in [0.29, 0.717) is 19.8 Å². The number of hydrogen-bond donors (Lipinski definition) is 2. The lowest BCUT2D eigenvalue weighted by Crippen LogP contribution is -2.30. The van der Waals surface area contributed by atoms with Gasteiger partial charge in [0.05, 0.1) is 25.9 Å². The smallest absolute Gasteiger partial charge is 0.290 e. The Morgan fingerprint density at radius 1 is 1.30 bits per heavy atom. The van der Waals surface area contributed by atoms with Crippen molar-refractivity contribution in [1.82, 2.24) is 14.5 Å². The van der Waals surface area contributed by atoms with Gasteiger partial charge in [0.1, 0.15) is 29.9 Å². The molecule has 0 aliphatic carbocycles. The van der Waals surface area contributed by atoms with Crippen LogP contribution in [-0.4, -0.2) is 83.4 Å². The second kappa shape index (κ2) is 10.0. The van der Waals surface area contributed by atoms with Crippen molar-refractivity contribution in [3.63, 3.8) is 0 Å². The molecular formula is C21H29N3O6. The Bertz CT molecular complexity index is 840. The molecule has 2 fully saturated rings. The van der Waals surface area contributed by atoms with Gasteiger partial charge in [-0.05, 0) is 39.2 Å². The minimum atomic E-state index is -0.552. The highest BCUT2D eigenvalue weighted by Gasteiger charge is 2.48. The molecule has 4 atom stereocenters. The topological polar surface area (TPSA) is 106 Å². The Labute approximate surface area is 175 Å². The normalized spacial score (nSPS) is 25.0. The van der Waals surface area contributed by atoms with Gasteiger partial charge >= 0.3 is 0 Å². The molecule has 2 aromatic rings. The van der Waals surface area contributed by atoms with Crippen molar-refractivity contribution >= 4 is 6.47 Å². The maximum atomic E-state index is 10.0. The van der Waals surface area contributed by atoms with E-state index >= 15 is 0 Å². The van der Waals surface area contributed by atoms with E-state index in [0.717, 1.165) is 29.2 Å². The van der Waals surface area contributed by atoms with Crippen LogP contribution in [0.1, 0.15) is 18.5 Å². The number of ether oxygens (including phenoxy) is 3. The number of fused-ring (bicyclic) bond motifs is 1. The Kier molecular flexibility index (Phi) is 7.43. The molecule has 9 heteroatoms. The standard InChI is InChI=1S/C20H27N3O4.CH2O2/c1-4-25-17-6-5-13(9-14(17)10-22(2)3)20-21-7-8-23(20)15-11-26-19-16(24)12-27-18(15)19;2-1-3/h5-9,15-16,18-19,24H,4,10-12H2,1-3H3;1H,(H,2,3)/t15-,16-,18-,19-;/m1./s1. The fraction of sp³-hybridized carbons (Fsp3) is 0.524. The third kappa shape index (κ3) is 4.65. The number of aromatic nitrogens is 2. The molecule has 2 saturated heterocycles. The number of hydrogen-bond acceptors (Lipinski definition) is 7. The van der Waals surface area contributed by atoms with E-state index < -0.39 is 6.10 Å². The predicted molar refractivity (Wildman–Crippen MR) is 109 cm³/mol. The molecule has 3 heterocycles. The maximum Gasteiger partial charge on any atom is 0.290 e. The van der Waals surface area contributed by atoms with Crippen LogP contribution < -0.4 is 4.74 Å². The molecule has 164 valence electrons. The summed E-state index contributed by atoms with van der Waals surface area (Å²) in [6, 6.07) is 6.20. The Morgan fingerprint density at radius 3 is 2.73 bits per heavy atom. The third-order valence-electron chi connectivity index (χ3n) is 5.13. The van der Waals surface area contributed by atoms with Crippen LogP contribution in [0.5, 0.6) is 5.75 Å². The van der Waals surface area contributed by atoms with Crippen molar-refractivity contribution in [2.75, 3.05) is 33.9 Å². The molecule has 4 rings (SSSR count). The maximum absolute atomic E-state index is 10.0. The lowest BCUT2D eigenvalue weighted by Gasteiger charge is -2.20. The first-order chi connectivity index (χ1) is 14.5. The Hall–Kier alpha value is -2.46. The molecular weight excluding hydrogens is 390 g/mol. The monoisotopic (exact) mass is 419 g/mol. The minimum Gasteiger partial charge on any atom is -0.494 e. The van der Waals surface area contributed by atoms with Gasteiger partial charge in [-0.3, -0.25) is 4.79 Å². The summed E-state index contributed by atoms with van der Waals surface area (Å²) >= 11 is 0. The minimum absolute atomic E-state index is 0.00789. The quantitative estimate of drug-likeness (QED) is 0.677. The summed E-state index contributed by atoms with van der Waals surface area (Å²) in [5.41, 5.74) is 2.16. The molecule has 0 saturated carbocycles. The van der Waals surface area contributed by atoms with Crippen molar-refractivity contribution in [2.24, 2.45) is 0 Å². The third-order valence-corrected chi connectivity index (χ3v) is 5.13. The molecule has 0 amide bonds. The zero-order valence-corrected chi connectivity index (χ0v) is 17.5. The van der Waals surface area contributed by atoms with Gasteiger partial charge in [0.25, 0.3) is 6.47 Å². The van der Waals surface area contributed by atoms with E-state index in [1.807, 2.05) is 39.3 Å². The van der Waals surface area contributed by atoms with Gasteiger partial charge in [0.2, 0.25) is 0 Å². The molecule has 1 aromatic carbocycles. The van der Waals surface area contributed by atoms with E-state index in [9.17, 15) is 5.11 Å². The number of aliphatic hydroxyl groups is 1. The lowest BCUT2D eigenvalue weighted by molar-refractivity contribution is -0.122. The van der Waals surface area contributed by atoms with Gasteiger partial charge in [0, 0.05) is 30.1 Å². The Morgan fingerprint density at radius 2 is 2.03 bits per heavy atom. The van der Waals surface area contributed by atoms with Gasteiger partial charge in [-0.2, -0.15) is 0 Å². The van der Waals surface area contributed by atoms with Crippen molar-refractivity contribution in [3.8, 4) is 17.1 Å². The van der Waals surface area contributed by atoms with Crippen molar-refractivity contribution in [1.29, 1.82) is 0 Å². The first-order valence-corrected chi connectivity index (χ1v) is 9.92. The summed E-state index contributed by atoms with van der Waals surface area (Å²) in [4.78, 5) is 15.1. The summed E-state index contributed by atoms with van der Waals surface area (Å²) in [6.45, 7) is 4.00. The van der Waals surface area contributed by atoms with Crippen LogP contribution in [-0.2, 0) is 20.8 Å². The second-order valence-electron chi connectivity index (χ2n) is 7.49. The molecule has 2 aliphatic heterocycles. The van der Waals surface area contributed by atoms with Crippen molar-refractivity contribution in [3.05, 3.63) is 36.2 Å². The summed E-state index contributed by atoms with van der Waals surface area (Å²) in [5.74, 6) is 1.77. The fourth-order valence-corrected chi connectivity index (χ4v) is 3.98. The van der Waals surface area contributed by atoms with Crippen LogP contribution >= 0.6 is 0 Å². The number of carbonyl (C=O) groups is 1. The van der Waals surface area contributed by atoms with E-state index in [-0.39, 0.29) is 24.7 Å². The SMILES string of the molecule is CCOc1ccc(-c2nccn2[C@@H]2CO[C@H]3[C@@H]2OC[C@H]3O)cc1CN(C)C.O=CO. The highest BCUT2D eigenvalue weighted by atomic mass is 16.6. The summed E-state index contributed by atoms with van der Waals surface area (Å²) < 4.78 is 19.5. The van der Waals surface area contributed by atoms with Crippen molar-refractivity contribution in [2.45, 2.75) is 37.8 Å². The molecule has 30 heavy (non-hydrogen) atoms. The molecule has 0 bridgehead atoms. The Balaban J connectivity index is 0.000000806. The number of benzene rings is 1. The molecule has 0 spiro atoms. The first-order valence-electron chi connectivity index (χ1n) is 9.92. The first kappa shape index (κ1) is 22.2. The number of imidazole rings is 1. The number of nitrogens with zero attached hydrogens (tertiary/aromatic N) is 3. The largest absolute Gasteiger partial charge is 0.494 e. The van der Waals surface area contributed by atoms with E-state index in [1.165, 1.54) is 0 Å². The summed E-state index contributed by atoms with van der Waals surface area (Å²) in [5, 5.41) is 16.9. The predicted octanol–water partition coefficient (Wildman–Crippen LogP) is 1.41. The van der Waals surface area contributed by atoms with Gasteiger partial charge in [-0.15, -0.1) is 0 Å². The molecule has 0 unspecified atom stereocenters. The van der Waals surface area contributed by atoms with Crippen LogP contribution in [0.25, 0.3) is 11.4 Å². The molecule has 2 N–H and O–H groups in total. The zero-order valence-electron chi connectivity index (χ0n) is 17.5. The molecule has 1 aromatic heterocycles. The fourth-order valence-electron chi connectivity index (χ4n) is 3.98. The van der Waals surface area contributed by atoms with Gasteiger partial charge in [-0.1, -0.05) is 0 Å². The van der Waals surface area contributed by atoms with Gasteiger partial charge in [0.15, 0.2) is 0 Å². The second-order valence-corrected chi connectivity index (χ2v) is 7.49. The van der Waals surface area contributed by atoms with Crippen LogP contribution in [0.15, 0.2) is 30.6 Å². The molecule has 2 aliphatic rings. The molecule has 0 radical (unpaired) electrons. The highest BCUT2D eigenvalue weighted by Crippen LogP contribution is 2.37. The van der Waals surface area contributed by atoms with E-state index in [4.69, 9.17) is 24.1 Å². The van der Waals surface area contributed by atoms with Crippen LogP contribution in [0, 0.1) is 0 Å². The average Bonchev–Trinajstić information content (AvgIpc) is 3.41. The van der Waals surface area contributed by atoms with Gasteiger partial charge < -0.3 is 33.9 Å². The van der Waals surface area contributed by atoms with Crippen LogP contribution in [0.2, 0.25) is 0 Å². The van der Waals surface area contributed by atoms with E-state index in [2.05, 4.69) is 20.5 Å². The zero-order chi connectivity index (χ0) is 21.7. The average molecular weight is 419 g/mol. The lowest BCUT2D eigenvalue weighted by atomic mass is 10.1. The summed E-state index contributed by atoms with van der Waals surface area (Å²) in [7, 11) is 4.09. The van der Waals surface area contributed by atoms with Crippen LogP contribution in [0.4, 0.5) is 0 Å². The number of aliphatic hydroxyl groups excluding tert-OH is 1. The van der Waals surface area contributed by atoms with E-state index in [1.54, 1.807) is 6.20 Å². The number of carboxylic acid groups (broad SMARTS) is 1. The van der Waals surface area contributed by atoms with Crippen molar-refractivity contribution < 1.29 is 29.2 Å². The highest BCUT2D eigenvalue weighted by molar-refractivity contribution is 5.59. The number of rotatable bonds is 6. The summed E-state index contributed by atoms with van der Waals surface area (Å²) in [6.07, 6.45) is 2.81. The van der Waals surface area contributed by atoms with Crippen LogP contribution in [0.3, 0.4) is 0 Å². The molecule has 9 nitrogen and oxygen atoms in total.